The van der Waals surface area contributed by atoms with Crippen LogP contribution in [0.4, 0.5) is 11.4 Å². The van der Waals surface area contributed by atoms with E-state index < -0.39 is 4.92 Å². The Morgan fingerprint density at radius 1 is 1.29 bits per heavy atom. The molecule has 1 fully saturated rings. The molecule has 21 heavy (non-hydrogen) atoms. The molecule has 116 valence electrons. The fourth-order valence-electron chi connectivity index (χ4n) is 2.91. The standard InChI is InChI=1S/C15H23N3O3/c1-15(2,3)17-9-8-16(10-14(17)11-19)12-4-6-13(7-5-12)18(20)21/h4-7,14,19H,8-11H2,1-3H3/t14-/m1/s1. The molecule has 1 atom stereocenters. The largest absolute Gasteiger partial charge is 0.395 e. The lowest BCUT2D eigenvalue weighted by Gasteiger charge is -2.48. The van der Waals surface area contributed by atoms with Crippen LogP contribution in [0, 0.1) is 10.1 Å². The number of hydrogen-bond acceptors (Lipinski definition) is 5. The molecule has 1 aliphatic heterocycles. The molecule has 0 saturated carbocycles. The summed E-state index contributed by atoms with van der Waals surface area (Å²) >= 11 is 0. The van der Waals surface area contributed by atoms with Gasteiger partial charge in [0.2, 0.25) is 0 Å². The molecule has 1 aromatic carbocycles. The SMILES string of the molecule is CC(C)(C)N1CCN(c2ccc([N+](=O)[O-])cc2)C[C@@H]1CO. The summed E-state index contributed by atoms with van der Waals surface area (Å²) in [7, 11) is 0. The van der Waals surface area contributed by atoms with Gasteiger partial charge in [0, 0.05) is 43.0 Å². The van der Waals surface area contributed by atoms with E-state index in [0.717, 1.165) is 25.3 Å². The molecule has 0 bridgehead atoms. The van der Waals surface area contributed by atoms with Crippen molar-refractivity contribution in [2.75, 3.05) is 31.1 Å². The van der Waals surface area contributed by atoms with Crippen molar-refractivity contribution in [1.82, 2.24) is 4.90 Å². The average Bonchev–Trinajstić information content (AvgIpc) is 2.45. The number of non-ortho nitro benzene ring substituents is 1. The van der Waals surface area contributed by atoms with Crippen molar-refractivity contribution in [2.45, 2.75) is 32.4 Å². The third kappa shape index (κ3) is 3.51. The minimum Gasteiger partial charge on any atom is -0.395 e. The van der Waals surface area contributed by atoms with Crippen molar-refractivity contribution in [2.24, 2.45) is 0 Å². The Morgan fingerprint density at radius 2 is 1.90 bits per heavy atom. The van der Waals surface area contributed by atoms with Crippen LogP contribution in [0.25, 0.3) is 0 Å². The maximum atomic E-state index is 10.7. The third-order valence-electron chi connectivity index (χ3n) is 3.98. The van der Waals surface area contributed by atoms with E-state index in [-0.39, 0.29) is 23.9 Å². The minimum atomic E-state index is -0.391. The number of hydrogen-bond donors (Lipinski definition) is 1. The second-order valence-electron chi connectivity index (χ2n) is 6.42. The average molecular weight is 293 g/mol. The summed E-state index contributed by atoms with van der Waals surface area (Å²) in [6, 6.07) is 6.69. The zero-order chi connectivity index (χ0) is 15.6. The van der Waals surface area contributed by atoms with Gasteiger partial charge in [-0.15, -0.1) is 0 Å². The normalized spacial score (nSPS) is 20.6. The van der Waals surface area contributed by atoms with Gasteiger partial charge in [-0.25, -0.2) is 0 Å². The van der Waals surface area contributed by atoms with Gasteiger partial charge in [0.25, 0.3) is 5.69 Å². The highest BCUT2D eigenvalue weighted by molar-refractivity contribution is 5.51. The zero-order valence-corrected chi connectivity index (χ0v) is 12.8. The number of nitro groups is 1. The summed E-state index contributed by atoms with van der Waals surface area (Å²) in [5.41, 5.74) is 1.09. The van der Waals surface area contributed by atoms with Crippen LogP contribution in [0.2, 0.25) is 0 Å². The highest BCUT2D eigenvalue weighted by atomic mass is 16.6. The molecule has 0 spiro atoms. The summed E-state index contributed by atoms with van der Waals surface area (Å²) in [5, 5.41) is 20.3. The maximum Gasteiger partial charge on any atom is 0.269 e. The first kappa shape index (κ1) is 15.7. The Labute approximate surface area is 125 Å². The Hall–Kier alpha value is -1.66. The van der Waals surface area contributed by atoms with Crippen molar-refractivity contribution in [3.8, 4) is 0 Å². The molecule has 0 unspecified atom stereocenters. The van der Waals surface area contributed by atoms with Crippen molar-refractivity contribution < 1.29 is 10.0 Å². The van der Waals surface area contributed by atoms with Gasteiger partial charge in [0.15, 0.2) is 0 Å². The van der Waals surface area contributed by atoms with Gasteiger partial charge in [0.05, 0.1) is 17.6 Å². The second-order valence-corrected chi connectivity index (χ2v) is 6.42. The van der Waals surface area contributed by atoms with E-state index in [0.29, 0.717) is 0 Å². The van der Waals surface area contributed by atoms with E-state index in [9.17, 15) is 15.2 Å². The zero-order valence-electron chi connectivity index (χ0n) is 12.8. The molecule has 6 heteroatoms. The number of aliphatic hydroxyl groups excluding tert-OH is 1. The van der Waals surface area contributed by atoms with Crippen LogP contribution in [-0.2, 0) is 0 Å². The van der Waals surface area contributed by atoms with Crippen LogP contribution in [0.3, 0.4) is 0 Å². The number of aliphatic hydroxyl groups is 1. The van der Waals surface area contributed by atoms with Gasteiger partial charge in [-0.05, 0) is 32.9 Å². The summed E-state index contributed by atoms with van der Waals surface area (Å²) < 4.78 is 0. The Balaban J connectivity index is 2.11. The molecule has 0 aromatic heterocycles. The van der Waals surface area contributed by atoms with Crippen LogP contribution < -0.4 is 4.90 Å². The summed E-state index contributed by atoms with van der Waals surface area (Å²) in [4.78, 5) is 14.8. The molecular formula is C15H23N3O3. The number of rotatable bonds is 3. The highest BCUT2D eigenvalue weighted by Gasteiger charge is 2.33. The first-order valence-electron chi connectivity index (χ1n) is 7.20. The fraction of sp³-hybridized carbons (Fsp3) is 0.600. The molecule has 0 amide bonds. The lowest BCUT2D eigenvalue weighted by atomic mass is 10.00. The van der Waals surface area contributed by atoms with Crippen LogP contribution in [0.15, 0.2) is 24.3 Å². The second kappa shape index (κ2) is 5.99. The van der Waals surface area contributed by atoms with Crippen molar-refractivity contribution in [1.29, 1.82) is 0 Å². The quantitative estimate of drug-likeness (QED) is 0.680. The number of benzene rings is 1. The summed E-state index contributed by atoms with van der Waals surface area (Å²) in [6.45, 7) is 9.01. The van der Waals surface area contributed by atoms with Gasteiger partial charge in [-0.3, -0.25) is 15.0 Å². The van der Waals surface area contributed by atoms with E-state index in [1.165, 1.54) is 12.1 Å². The molecule has 0 aliphatic carbocycles. The number of nitro benzene ring substituents is 1. The summed E-state index contributed by atoms with van der Waals surface area (Å²) in [5.74, 6) is 0. The van der Waals surface area contributed by atoms with Crippen LogP contribution in [0.5, 0.6) is 0 Å². The molecule has 6 nitrogen and oxygen atoms in total. The fourth-order valence-corrected chi connectivity index (χ4v) is 2.91. The van der Waals surface area contributed by atoms with Gasteiger partial charge < -0.3 is 10.0 Å². The molecule has 1 N–H and O–H groups in total. The van der Waals surface area contributed by atoms with Crippen molar-refractivity contribution >= 4 is 11.4 Å². The number of nitrogens with zero attached hydrogens (tertiary/aromatic N) is 3. The molecule has 1 saturated heterocycles. The molecule has 1 aromatic rings. The predicted molar refractivity (Wildman–Crippen MR) is 82.6 cm³/mol. The first-order chi connectivity index (χ1) is 9.82. The molecular weight excluding hydrogens is 270 g/mol. The lowest BCUT2D eigenvalue weighted by molar-refractivity contribution is -0.384. The number of piperazine rings is 1. The molecule has 1 aliphatic rings. The van der Waals surface area contributed by atoms with Crippen molar-refractivity contribution in [3.05, 3.63) is 34.4 Å². The monoisotopic (exact) mass is 293 g/mol. The van der Waals surface area contributed by atoms with E-state index in [1.54, 1.807) is 12.1 Å². The van der Waals surface area contributed by atoms with Crippen LogP contribution >= 0.6 is 0 Å². The third-order valence-corrected chi connectivity index (χ3v) is 3.98. The lowest BCUT2D eigenvalue weighted by Crippen LogP contribution is -2.60. The van der Waals surface area contributed by atoms with E-state index in [2.05, 4.69) is 30.6 Å². The van der Waals surface area contributed by atoms with Gasteiger partial charge in [-0.1, -0.05) is 0 Å². The Morgan fingerprint density at radius 3 is 2.38 bits per heavy atom. The van der Waals surface area contributed by atoms with Gasteiger partial charge in [-0.2, -0.15) is 0 Å². The summed E-state index contributed by atoms with van der Waals surface area (Å²) in [6.07, 6.45) is 0. The Bertz CT molecular complexity index is 496. The van der Waals surface area contributed by atoms with E-state index in [4.69, 9.17) is 0 Å². The smallest absolute Gasteiger partial charge is 0.269 e. The van der Waals surface area contributed by atoms with Crippen LogP contribution in [-0.4, -0.2) is 52.8 Å². The van der Waals surface area contributed by atoms with Crippen LogP contribution in [0.1, 0.15) is 20.8 Å². The highest BCUT2D eigenvalue weighted by Crippen LogP contribution is 2.25. The first-order valence-corrected chi connectivity index (χ1v) is 7.20. The predicted octanol–water partition coefficient (Wildman–Crippen LogP) is 1.88. The topological polar surface area (TPSA) is 69.9 Å². The van der Waals surface area contributed by atoms with Gasteiger partial charge in [0.1, 0.15) is 0 Å². The van der Waals surface area contributed by atoms with Gasteiger partial charge >= 0.3 is 0 Å². The van der Waals surface area contributed by atoms with E-state index >= 15 is 0 Å². The van der Waals surface area contributed by atoms with E-state index in [1.807, 2.05) is 0 Å². The Kier molecular flexibility index (Phi) is 4.49. The number of anilines is 1. The maximum absolute atomic E-state index is 10.7. The molecule has 2 rings (SSSR count). The molecule has 1 heterocycles. The molecule has 0 radical (unpaired) electrons. The minimum absolute atomic E-state index is 0.0228. The van der Waals surface area contributed by atoms with Crippen molar-refractivity contribution in [3.63, 3.8) is 0 Å².